The molecule has 0 atom stereocenters. The van der Waals surface area contributed by atoms with Crippen molar-refractivity contribution in [3.8, 4) is 0 Å². The van der Waals surface area contributed by atoms with E-state index in [1.165, 1.54) is 0 Å². The van der Waals surface area contributed by atoms with Crippen LogP contribution in [0.25, 0.3) is 0 Å². The van der Waals surface area contributed by atoms with E-state index in [0.29, 0.717) is 13.1 Å². The molecule has 0 spiro atoms. The Bertz CT molecular complexity index is 817. The molecule has 0 saturated carbocycles. The average Bonchev–Trinajstić information content (AvgIpc) is 2.83. The maximum absolute atomic E-state index is 12.2. The molecule has 33 heavy (non-hydrogen) atoms. The largest absolute Gasteiger partial charge is 0.424 e. The summed E-state index contributed by atoms with van der Waals surface area (Å²) in [5, 5.41) is 7.18. The fraction of sp³-hybridized carbons (Fsp3) is 0.481. The van der Waals surface area contributed by atoms with Crippen molar-refractivity contribution in [3.63, 3.8) is 0 Å². The van der Waals surface area contributed by atoms with E-state index in [4.69, 9.17) is 0 Å². The molecular weight excluding hydrogens is 428 g/mol. The van der Waals surface area contributed by atoms with Crippen LogP contribution < -0.4 is 21.0 Å². The lowest BCUT2D eigenvalue weighted by Gasteiger charge is -2.41. The van der Waals surface area contributed by atoms with Gasteiger partial charge in [-0.1, -0.05) is 107 Å². The summed E-state index contributed by atoms with van der Waals surface area (Å²) in [6.07, 6.45) is 6.63. The Morgan fingerprint density at radius 3 is 1.70 bits per heavy atom. The molecular formula is C27H40N2O3Si. The van der Waals surface area contributed by atoms with Gasteiger partial charge in [0.25, 0.3) is 8.32 Å². The number of nitrogens with one attached hydrogen (secondary N) is 2. The molecule has 180 valence electrons. The number of rotatable bonds is 13. The Morgan fingerprint density at radius 2 is 1.21 bits per heavy atom. The summed E-state index contributed by atoms with van der Waals surface area (Å²) in [4.78, 5) is 35.6. The molecule has 6 heteroatoms. The van der Waals surface area contributed by atoms with Gasteiger partial charge in [-0.15, -0.1) is 0 Å². The van der Waals surface area contributed by atoms with Crippen LogP contribution >= 0.6 is 0 Å². The molecule has 2 aromatic carbocycles. The zero-order chi connectivity index (χ0) is 24.2. The van der Waals surface area contributed by atoms with Crippen molar-refractivity contribution in [2.24, 2.45) is 0 Å². The lowest BCUT2D eigenvalue weighted by atomic mass is 10.0. The molecule has 2 aromatic rings. The number of carbonyl (C=O) groups is 2. The topological polar surface area (TPSA) is 78.4 Å². The van der Waals surface area contributed by atoms with Gasteiger partial charge in [0.05, 0.1) is 0 Å². The third-order valence-corrected chi connectivity index (χ3v) is 10.9. The maximum atomic E-state index is 12.2. The Kier molecular flexibility index (Phi) is 10.8. The number of amides is 2. The van der Waals surface area contributed by atoms with E-state index in [2.05, 4.69) is 48.7 Å². The average molecular weight is 469 g/mol. The summed E-state index contributed by atoms with van der Waals surface area (Å²) in [5.41, 5.74) is 0. The number of unbranched alkanes of at least 4 members (excludes halogenated alkanes) is 4. The Morgan fingerprint density at radius 1 is 0.758 bits per heavy atom. The van der Waals surface area contributed by atoms with Crippen LogP contribution in [-0.4, -0.2) is 38.0 Å². The van der Waals surface area contributed by atoms with Crippen molar-refractivity contribution in [2.45, 2.75) is 70.8 Å². The highest BCUT2D eigenvalue weighted by Crippen LogP contribution is 2.40. The van der Waals surface area contributed by atoms with Crippen molar-refractivity contribution in [2.75, 3.05) is 13.1 Å². The first kappa shape index (κ1) is 26.8. The Hall–Kier alpha value is -2.44. The predicted octanol–water partition coefficient (Wildman–Crippen LogP) is 3.50. The second-order valence-corrected chi connectivity index (χ2v) is 13.3. The van der Waals surface area contributed by atoms with Gasteiger partial charge >= 0.3 is 11.8 Å². The smallest absolute Gasteiger partial charge is 0.309 e. The van der Waals surface area contributed by atoms with Crippen LogP contribution in [0.4, 0.5) is 0 Å². The second-order valence-electron chi connectivity index (χ2n) is 9.36. The molecule has 0 unspecified atom stereocenters. The van der Waals surface area contributed by atoms with Crippen LogP contribution in [0, 0.1) is 0 Å². The molecule has 0 aliphatic heterocycles. The van der Waals surface area contributed by atoms with Crippen LogP contribution in [0.2, 0.25) is 5.04 Å². The fourth-order valence-electron chi connectivity index (χ4n) is 4.27. The molecule has 0 saturated heterocycles. The minimum Gasteiger partial charge on any atom is -0.424 e. The molecule has 2 amide bonds. The van der Waals surface area contributed by atoms with Gasteiger partial charge < -0.3 is 15.4 Å². The molecule has 2 rings (SSSR count). The highest BCUT2D eigenvalue weighted by atomic mass is 28.4. The van der Waals surface area contributed by atoms with Crippen molar-refractivity contribution in [1.82, 2.24) is 10.6 Å². The van der Waals surface area contributed by atoms with Gasteiger partial charge in [0.15, 0.2) is 0 Å². The zero-order valence-corrected chi connectivity index (χ0v) is 21.4. The predicted molar refractivity (Wildman–Crippen MR) is 138 cm³/mol. The fourth-order valence-corrected chi connectivity index (χ4v) is 8.06. The molecule has 5 nitrogen and oxygen atoms in total. The summed E-state index contributed by atoms with van der Waals surface area (Å²) < 4.78 is 0. The summed E-state index contributed by atoms with van der Waals surface area (Å²) in [6.45, 7) is 7.48. The summed E-state index contributed by atoms with van der Waals surface area (Å²) in [7, 11) is -2.95. The van der Waals surface area contributed by atoms with Gasteiger partial charge in [-0.3, -0.25) is 9.59 Å². The summed E-state index contributed by atoms with van der Waals surface area (Å²) in [6, 6.07) is 20.2. The minimum absolute atomic E-state index is 0.236. The van der Waals surface area contributed by atoms with Crippen molar-refractivity contribution < 1.29 is 14.4 Å². The van der Waals surface area contributed by atoms with Gasteiger partial charge in [-0.05, 0) is 34.7 Å². The standard InChI is InChI=1S/C27H40N2O3Si/c1-4-5-21-28-25(30)26(31)29-22-15-7-6-14-20-27(2,3)33(32,23-16-10-8-11-17-23)24-18-12-9-13-19-24/h8-13,16-19,32H,4-7,14-15,20-22H2,1-3H3,(H,28,30)(H,29,31). The van der Waals surface area contributed by atoms with Crippen molar-refractivity contribution in [3.05, 3.63) is 60.7 Å². The molecule has 0 aliphatic carbocycles. The van der Waals surface area contributed by atoms with Gasteiger partial charge in [0.1, 0.15) is 0 Å². The second kappa shape index (κ2) is 13.3. The normalized spacial score (nSPS) is 11.8. The lowest BCUT2D eigenvalue weighted by molar-refractivity contribution is -0.139. The first-order valence-electron chi connectivity index (χ1n) is 12.2. The maximum Gasteiger partial charge on any atom is 0.309 e. The lowest BCUT2D eigenvalue weighted by Crippen LogP contribution is -2.65. The third kappa shape index (κ3) is 7.54. The van der Waals surface area contributed by atoms with Gasteiger partial charge in [-0.2, -0.15) is 0 Å². The molecule has 0 fully saturated rings. The van der Waals surface area contributed by atoms with E-state index in [1.54, 1.807) is 0 Å². The summed E-state index contributed by atoms with van der Waals surface area (Å²) in [5.74, 6) is -1.09. The Balaban J connectivity index is 1.83. The molecule has 0 aromatic heterocycles. The van der Waals surface area contributed by atoms with Gasteiger partial charge in [-0.25, -0.2) is 0 Å². The number of hydrogen-bond acceptors (Lipinski definition) is 3. The summed E-state index contributed by atoms with van der Waals surface area (Å²) >= 11 is 0. The van der Waals surface area contributed by atoms with E-state index in [9.17, 15) is 14.4 Å². The Labute approximate surface area is 200 Å². The first-order valence-corrected chi connectivity index (χ1v) is 14.2. The van der Waals surface area contributed by atoms with Crippen LogP contribution in [0.15, 0.2) is 60.7 Å². The molecule has 0 heterocycles. The van der Waals surface area contributed by atoms with Crippen LogP contribution in [0.1, 0.15) is 65.7 Å². The third-order valence-electron chi connectivity index (χ3n) is 6.40. The van der Waals surface area contributed by atoms with Crippen molar-refractivity contribution in [1.29, 1.82) is 0 Å². The van der Waals surface area contributed by atoms with Crippen LogP contribution in [-0.2, 0) is 9.59 Å². The van der Waals surface area contributed by atoms with Crippen LogP contribution in [0.5, 0.6) is 0 Å². The first-order chi connectivity index (χ1) is 15.8. The molecule has 0 bridgehead atoms. The van der Waals surface area contributed by atoms with Gasteiger partial charge in [0.2, 0.25) is 0 Å². The number of carbonyl (C=O) groups excluding carboxylic acids is 2. The van der Waals surface area contributed by atoms with E-state index in [1.807, 2.05) is 43.3 Å². The van der Waals surface area contributed by atoms with E-state index in [-0.39, 0.29) is 5.04 Å². The van der Waals surface area contributed by atoms with E-state index < -0.39 is 20.1 Å². The minimum atomic E-state index is -2.95. The highest BCUT2D eigenvalue weighted by molar-refractivity contribution is 6.98. The van der Waals surface area contributed by atoms with Crippen LogP contribution in [0.3, 0.4) is 0 Å². The van der Waals surface area contributed by atoms with E-state index >= 15 is 0 Å². The van der Waals surface area contributed by atoms with Gasteiger partial charge in [0, 0.05) is 13.1 Å². The molecule has 3 N–H and O–H groups in total. The van der Waals surface area contributed by atoms with E-state index in [0.717, 1.165) is 55.3 Å². The van der Waals surface area contributed by atoms with Crippen molar-refractivity contribution >= 4 is 30.5 Å². The monoisotopic (exact) mass is 468 g/mol. The number of hydrogen-bond donors (Lipinski definition) is 3. The zero-order valence-electron chi connectivity index (χ0n) is 20.4. The SMILES string of the molecule is CCCCNC(=O)C(=O)NCCCCCCC(C)(C)[Si](O)(c1ccccc1)c1ccccc1. The molecule has 0 aliphatic rings. The number of benzene rings is 2. The molecule has 0 radical (unpaired) electrons. The highest BCUT2D eigenvalue weighted by Gasteiger charge is 2.49. The quantitative estimate of drug-likeness (QED) is 0.239.